The standard InChI is InChI=1S/C23H18N4O2S/c1-15(28)25-17-10-8-16(9-11-17)14-24-27-23(29)19-13-21(22-7-4-12-30-22)26-20-6-3-2-5-18(19)20/h2-14H,1H3,(H,25,28)(H,27,29)/b24-14-. The van der Waals surface area contributed by atoms with Gasteiger partial charge in [0.25, 0.3) is 5.91 Å². The largest absolute Gasteiger partial charge is 0.326 e. The van der Waals surface area contributed by atoms with Gasteiger partial charge in [-0.05, 0) is 41.3 Å². The average Bonchev–Trinajstić information content (AvgIpc) is 3.29. The van der Waals surface area contributed by atoms with Crippen LogP contribution in [-0.2, 0) is 4.79 Å². The molecule has 2 aromatic heterocycles. The Hall–Kier alpha value is -3.84. The van der Waals surface area contributed by atoms with Gasteiger partial charge in [-0.15, -0.1) is 11.3 Å². The summed E-state index contributed by atoms with van der Waals surface area (Å²) in [6, 6.07) is 20.4. The smallest absolute Gasteiger partial charge is 0.272 e. The maximum atomic E-state index is 12.8. The number of nitrogens with zero attached hydrogens (tertiary/aromatic N) is 2. The van der Waals surface area contributed by atoms with Crippen molar-refractivity contribution in [1.29, 1.82) is 0 Å². The van der Waals surface area contributed by atoms with Crippen LogP contribution in [-0.4, -0.2) is 23.0 Å². The Morgan fingerprint density at radius 1 is 1.03 bits per heavy atom. The zero-order valence-corrected chi connectivity index (χ0v) is 16.9. The molecule has 0 spiro atoms. The summed E-state index contributed by atoms with van der Waals surface area (Å²) < 4.78 is 0. The third-order valence-corrected chi connectivity index (χ3v) is 5.24. The van der Waals surface area contributed by atoms with Crippen molar-refractivity contribution >= 4 is 46.0 Å². The van der Waals surface area contributed by atoms with E-state index in [0.29, 0.717) is 11.3 Å². The number of carbonyl (C=O) groups is 2. The van der Waals surface area contributed by atoms with Gasteiger partial charge in [-0.2, -0.15) is 5.10 Å². The van der Waals surface area contributed by atoms with Gasteiger partial charge in [0.1, 0.15) is 0 Å². The molecule has 0 aliphatic rings. The maximum absolute atomic E-state index is 12.8. The first-order valence-electron chi connectivity index (χ1n) is 9.25. The lowest BCUT2D eigenvalue weighted by Crippen LogP contribution is -2.18. The molecule has 4 aromatic rings. The second-order valence-electron chi connectivity index (χ2n) is 6.55. The van der Waals surface area contributed by atoms with Crippen molar-refractivity contribution in [1.82, 2.24) is 10.4 Å². The number of rotatable bonds is 5. The number of carbonyl (C=O) groups excluding carboxylic acids is 2. The fourth-order valence-corrected chi connectivity index (χ4v) is 3.68. The molecular formula is C23H18N4O2S. The predicted octanol–water partition coefficient (Wildman–Crippen LogP) is 4.69. The van der Waals surface area contributed by atoms with E-state index in [2.05, 4.69) is 20.8 Å². The molecule has 2 heterocycles. The van der Waals surface area contributed by atoms with Gasteiger partial charge >= 0.3 is 0 Å². The number of anilines is 1. The molecule has 0 saturated heterocycles. The summed E-state index contributed by atoms with van der Waals surface area (Å²) in [5.41, 5.74) is 6.12. The molecule has 148 valence electrons. The highest BCUT2D eigenvalue weighted by atomic mass is 32.1. The van der Waals surface area contributed by atoms with Crippen LogP contribution in [0.4, 0.5) is 5.69 Å². The summed E-state index contributed by atoms with van der Waals surface area (Å²) in [4.78, 5) is 29.6. The zero-order valence-electron chi connectivity index (χ0n) is 16.1. The molecule has 0 bridgehead atoms. The molecule has 30 heavy (non-hydrogen) atoms. The van der Waals surface area contributed by atoms with E-state index < -0.39 is 0 Å². The molecule has 0 aliphatic carbocycles. The van der Waals surface area contributed by atoms with Gasteiger partial charge in [-0.25, -0.2) is 10.4 Å². The Kier molecular flexibility index (Phi) is 5.63. The van der Waals surface area contributed by atoms with Crippen LogP contribution in [0.3, 0.4) is 0 Å². The lowest BCUT2D eigenvalue weighted by Gasteiger charge is -2.08. The minimum atomic E-state index is -0.308. The molecule has 2 amide bonds. The topological polar surface area (TPSA) is 83.5 Å². The van der Waals surface area contributed by atoms with Crippen LogP contribution in [0.25, 0.3) is 21.5 Å². The number of fused-ring (bicyclic) bond motifs is 1. The van der Waals surface area contributed by atoms with E-state index in [4.69, 9.17) is 0 Å². The maximum Gasteiger partial charge on any atom is 0.272 e. The minimum absolute atomic E-state index is 0.129. The van der Waals surface area contributed by atoms with Crippen molar-refractivity contribution in [2.45, 2.75) is 6.92 Å². The van der Waals surface area contributed by atoms with Gasteiger partial charge in [0, 0.05) is 18.0 Å². The molecule has 0 unspecified atom stereocenters. The first-order chi connectivity index (χ1) is 14.6. The predicted molar refractivity (Wildman–Crippen MR) is 121 cm³/mol. The molecule has 6 nitrogen and oxygen atoms in total. The van der Waals surface area contributed by atoms with Crippen molar-refractivity contribution in [3.63, 3.8) is 0 Å². The van der Waals surface area contributed by atoms with E-state index in [1.54, 1.807) is 47.9 Å². The van der Waals surface area contributed by atoms with Gasteiger partial charge in [0.05, 0.1) is 27.9 Å². The lowest BCUT2D eigenvalue weighted by molar-refractivity contribution is -0.114. The Morgan fingerprint density at radius 2 is 1.83 bits per heavy atom. The first-order valence-corrected chi connectivity index (χ1v) is 10.1. The Balaban J connectivity index is 1.56. The number of aromatic nitrogens is 1. The monoisotopic (exact) mass is 414 g/mol. The van der Waals surface area contributed by atoms with Crippen LogP contribution < -0.4 is 10.7 Å². The summed E-state index contributed by atoms with van der Waals surface area (Å²) in [5, 5.41) is 9.53. The number of hydrogen-bond acceptors (Lipinski definition) is 5. The highest BCUT2D eigenvalue weighted by Gasteiger charge is 2.13. The quantitative estimate of drug-likeness (QED) is 0.367. The Bertz CT molecular complexity index is 1230. The number of amides is 2. The minimum Gasteiger partial charge on any atom is -0.326 e. The molecule has 0 atom stereocenters. The van der Waals surface area contributed by atoms with E-state index in [-0.39, 0.29) is 11.8 Å². The van der Waals surface area contributed by atoms with Crippen LogP contribution in [0.15, 0.2) is 77.2 Å². The summed E-state index contributed by atoms with van der Waals surface area (Å²) >= 11 is 1.57. The van der Waals surface area contributed by atoms with Gasteiger partial charge < -0.3 is 5.32 Å². The highest BCUT2D eigenvalue weighted by Crippen LogP contribution is 2.27. The molecule has 2 aromatic carbocycles. The second-order valence-corrected chi connectivity index (χ2v) is 7.50. The van der Waals surface area contributed by atoms with E-state index in [0.717, 1.165) is 27.0 Å². The van der Waals surface area contributed by atoms with Crippen LogP contribution in [0.1, 0.15) is 22.8 Å². The lowest BCUT2D eigenvalue weighted by atomic mass is 10.1. The summed E-state index contributed by atoms with van der Waals surface area (Å²) in [6.07, 6.45) is 1.55. The average molecular weight is 414 g/mol. The van der Waals surface area contributed by atoms with Crippen molar-refractivity contribution in [2.24, 2.45) is 5.10 Å². The number of pyridine rings is 1. The molecule has 0 saturated carbocycles. The van der Waals surface area contributed by atoms with Crippen LogP contribution in [0.5, 0.6) is 0 Å². The van der Waals surface area contributed by atoms with Crippen LogP contribution >= 0.6 is 11.3 Å². The molecular weight excluding hydrogens is 396 g/mol. The van der Waals surface area contributed by atoms with Crippen molar-refractivity contribution in [3.05, 3.63) is 83.2 Å². The Morgan fingerprint density at radius 3 is 2.57 bits per heavy atom. The summed E-state index contributed by atoms with van der Waals surface area (Å²) in [7, 11) is 0. The Labute approximate surface area is 177 Å². The third kappa shape index (κ3) is 4.42. The first kappa shape index (κ1) is 19.5. The SMILES string of the molecule is CC(=O)Nc1ccc(/C=N\NC(=O)c2cc(-c3cccs3)nc3ccccc23)cc1. The van der Waals surface area contributed by atoms with Crippen molar-refractivity contribution in [2.75, 3.05) is 5.32 Å². The van der Waals surface area contributed by atoms with E-state index in [9.17, 15) is 9.59 Å². The highest BCUT2D eigenvalue weighted by molar-refractivity contribution is 7.13. The number of thiophene rings is 1. The second kappa shape index (κ2) is 8.67. The number of nitrogens with one attached hydrogen (secondary N) is 2. The normalized spacial score (nSPS) is 11.0. The van der Waals surface area contributed by atoms with Gasteiger partial charge in [0.2, 0.25) is 5.91 Å². The van der Waals surface area contributed by atoms with Crippen LogP contribution in [0, 0.1) is 0 Å². The molecule has 2 N–H and O–H groups in total. The number of hydrazone groups is 1. The van der Waals surface area contributed by atoms with Gasteiger partial charge in [-0.1, -0.05) is 36.4 Å². The van der Waals surface area contributed by atoms with Crippen molar-refractivity contribution in [3.8, 4) is 10.6 Å². The third-order valence-electron chi connectivity index (χ3n) is 4.35. The molecule has 7 heteroatoms. The zero-order chi connectivity index (χ0) is 20.9. The fourth-order valence-electron chi connectivity index (χ4n) is 3.00. The fraction of sp³-hybridized carbons (Fsp3) is 0.0435. The van der Waals surface area contributed by atoms with E-state index >= 15 is 0 Å². The van der Waals surface area contributed by atoms with Crippen LogP contribution in [0.2, 0.25) is 0 Å². The van der Waals surface area contributed by atoms with E-state index in [1.165, 1.54) is 6.92 Å². The van der Waals surface area contributed by atoms with Crippen molar-refractivity contribution < 1.29 is 9.59 Å². The molecule has 0 radical (unpaired) electrons. The number of hydrogen-bond donors (Lipinski definition) is 2. The van der Waals surface area contributed by atoms with Gasteiger partial charge in [0.15, 0.2) is 0 Å². The molecule has 0 aliphatic heterocycles. The summed E-state index contributed by atoms with van der Waals surface area (Å²) in [5.74, 6) is -0.437. The summed E-state index contributed by atoms with van der Waals surface area (Å²) in [6.45, 7) is 1.46. The number of benzene rings is 2. The van der Waals surface area contributed by atoms with Gasteiger partial charge in [-0.3, -0.25) is 9.59 Å². The molecule has 4 rings (SSSR count). The van der Waals surface area contributed by atoms with E-state index in [1.807, 2.05) is 41.8 Å². The number of para-hydroxylation sites is 1. The molecule has 0 fully saturated rings.